The maximum absolute atomic E-state index is 13.1. The topological polar surface area (TPSA) is 56.3 Å². The van der Waals surface area contributed by atoms with Gasteiger partial charge in [0.25, 0.3) is 0 Å². The normalized spacial score (nSPS) is 19.4. The SMILES string of the molecule is CN(C)CCCN1CCN(Cc2c(O)ccc3c2O/C(=C\C2=CCc4ccccc42)C3=O)CC1. The van der Waals surface area contributed by atoms with Crippen LogP contribution in [0, 0.1) is 0 Å². The molecular weight excluding hydrogens is 426 g/mol. The Bertz CT molecular complexity index is 1140. The number of allylic oxidation sites excluding steroid dienone is 4. The number of aromatic hydroxyl groups is 1. The molecule has 1 saturated heterocycles. The molecule has 0 spiro atoms. The van der Waals surface area contributed by atoms with Gasteiger partial charge in [-0.3, -0.25) is 9.69 Å². The predicted octanol–water partition coefficient (Wildman–Crippen LogP) is 3.56. The third kappa shape index (κ3) is 4.67. The molecule has 0 atom stereocenters. The summed E-state index contributed by atoms with van der Waals surface area (Å²) >= 11 is 0. The number of phenolic OH excluding ortho intramolecular Hbond substituents is 1. The number of fused-ring (bicyclic) bond motifs is 2. The number of nitrogens with zero attached hydrogens (tertiary/aromatic N) is 3. The number of ether oxygens (including phenoxy) is 1. The zero-order chi connectivity index (χ0) is 23.7. The Hall–Kier alpha value is -2.93. The fourth-order valence-electron chi connectivity index (χ4n) is 5.04. The van der Waals surface area contributed by atoms with Crippen LogP contribution in [-0.4, -0.2) is 79.0 Å². The molecule has 6 heteroatoms. The first-order valence-corrected chi connectivity index (χ1v) is 12.2. The highest BCUT2D eigenvalue weighted by Gasteiger charge is 2.32. The Morgan fingerprint density at radius 3 is 2.59 bits per heavy atom. The molecule has 1 fully saturated rings. The van der Waals surface area contributed by atoms with Gasteiger partial charge in [-0.1, -0.05) is 30.3 Å². The number of hydrogen-bond acceptors (Lipinski definition) is 6. The lowest BCUT2D eigenvalue weighted by Crippen LogP contribution is -2.46. The number of piperazine rings is 1. The molecule has 2 aromatic carbocycles. The minimum absolute atomic E-state index is 0.118. The van der Waals surface area contributed by atoms with Crippen LogP contribution in [-0.2, 0) is 13.0 Å². The van der Waals surface area contributed by atoms with Crippen LogP contribution in [0.2, 0.25) is 0 Å². The average molecular weight is 460 g/mol. The molecule has 2 heterocycles. The zero-order valence-electron chi connectivity index (χ0n) is 20.1. The number of Topliss-reactive ketones (excluding diaryl/α,β-unsaturated/α-hetero) is 1. The molecule has 1 aliphatic carbocycles. The van der Waals surface area contributed by atoms with Crippen LogP contribution >= 0.6 is 0 Å². The second-order valence-electron chi connectivity index (χ2n) is 9.68. The Balaban J connectivity index is 1.28. The Kier molecular flexibility index (Phi) is 6.55. The molecule has 3 aliphatic rings. The molecule has 2 aromatic rings. The van der Waals surface area contributed by atoms with Gasteiger partial charge in [0.15, 0.2) is 5.76 Å². The molecule has 2 aliphatic heterocycles. The van der Waals surface area contributed by atoms with E-state index < -0.39 is 0 Å². The number of carbonyl (C=O) groups excluding carboxylic acids is 1. The summed E-state index contributed by atoms with van der Waals surface area (Å²) in [5.74, 6) is 0.908. The molecule has 0 radical (unpaired) electrons. The lowest BCUT2D eigenvalue weighted by Gasteiger charge is -2.35. The minimum Gasteiger partial charge on any atom is -0.507 e. The van der Waals surface area contributed by atoms with E-state index in [1.807, 2.05) is 18.2 Å². The zero-order valence-corrected chi connectivity index (χ0v) is 20.1. The number of carbonyl (C=O) groups is 1. The van der Waals surface area contributed by atoms with Crippen LogP contribution < -0.4 is 4.74 Å². The van der Waals surface area contributed by atoms with E-state index in [9.17, 15) is 9.90 Å². The summed E-state index contributed by atoms with van der Waals surface area (Å²) in [4.78, 5) is 20.2. The van der Waals surface area contributed by atoms with Crippen LogP contribution in [0.15, 0.2) is 54.3 Å². The first-order chi connectivity index (χ1) is 16.5. The highest BCUT2D eigenvalue weighted by Crippen LogP contribution is 2.41. The third-order valence-electron chi connectivity index (χ3n) is 7.00. The van der Waals surface area contributed by atoms with E-state index in [1.165, 1.54) is 12.0 Å². The van der Waals surface area contributed by atoms with Gasteiger partial charge in [-0.25, -0.2) is 0 Å². The maximum atomic E-state index is 13.1. The Labute approximate surface area is 201 Å². The van der Waals surface area contributed by atoms with Crippen LogP contribution in [0.3, 0.4) is 0 Å². The van der Waals surface area contributed by atoms with Crippen molar-refractivity contribution in [3.63, 3.8) is 0 Å². The largest absolute Gasteiger partial charge is 0.507 e. The van der Waals surface area contributed by atoms with Crippen molar-refractivity contribution in [2.45, 2.75) is 19.4 Å². The number of benzene rings is 2. The summed E-state index contributed by atoms with van der Waals surface area (Å²) in [5.41, 5.74) is 4.66. The number of hydrogen-bond donors (Lipinski definition) is 1. The standard InChI is InChI=1S/C28H33N3O3/c1-29(2)12-5-13-30-14-16-31(17-15-30)19-24-25(32)11-10-23-27(33)26(34-28(23)24)18-21-9-8-20-6-3-4-7-22(20)21/h3-4,6-7,9-11,18,32H,5,8,12-17,19H2,1-2H3/b26-18-. The van der Waals surface area contributed by atoms with Crippen molar-refractivity contribution in [2.24, 2.45) is 0 Å². The molecule has 0 saturated carbocycles. The van der Waals surface area contributed by atoms with Crippen molar-refractivity contribution in [2.75, 3.05) is 53.4 Å². The lowest BCUT2D eigenvalue weighted by molar-refractivity contribution is 0.101. The summed E-state index contributed by atoms with van der Waals surface area (Å²) in [7, 11) is 4.22. The highest BCUT2D eigenvalue weighted by molar-refractivity contribution is 6.14. The quantitative estimate of drug-likeness (QED) is 0.639. The molecule has 0 unspecified atom stereocenters. The molecule has 0 amide bonds. The summed E-state index contributed by atoms with van der Waals surface area (Å²) in [6.45, 7) is 6.70. The van der Waals surface area contributed by atoms with E-state index in [-0.39, 0.29) is 11.5 Å². The van der Waals surface area contributed by atoms with Crippen LogP contribution in [0.1, 0.15) is 33.5 Å². The van der Waals surface area contributed by atoms with Crippen molar-refractivity contribution in [1.29, 1.82) is 0 Å². The summed E-state index contributed by atoms with van der Waals surface area (Å²) < 4.78 is 6.12. The number of phenols is 1. The van der Waals surface area contributed by atoms with Crippen LogP contribution in [0.4, 0.5) is 0 Å². The van der Waals surface area contributed by atoms with Gasteiger partial charge in [0.2, 0.25) is 5.78 Å². The highest BCUT2D eigenvalue weighted by atomic mass is 16.5. The molecule has 34 heavy (non-hydrogen) atoms. The van der Waals surface area contributed by atoms with E-state index in [0.29, 0.717) is 29.2 Å². The van der Waals surface area contributed by atoms with Gasteiger partial charge >= 0.3 is 0 Å². The van der Waals surface area contributed by atoms with Crippen LogP contribution in [0.25, 0.3) is 5.57 Å². The van der Waals surface area contributed by atoms with Gasteiger partial charge in [0.05, 0.1) is 11.1 Å². The molecule has 5 rings (SSSR count). The molecule has 1 N–H and O–H groups in total. The van der Waals surface area contributed by atoms with Gasteiger partial charge in [-0.05, 0) is 74.9 Å². The smallest absolute Gasteiger partial charge is 0.231 e. The molecular formula is C28H33N3O3. The second-order valence-corrected chi connectivity index (χ2v) is 9.68. The Morgan fingerprint density at radius 1 is 1.03 bits per heavy atom. The van der Waals surface area contributed by atoms with Gasteiger partial charge in [-0.2, -0.15) is 0 Å². The molecule has 178 valence electrons. The van der Waals surface area contributed by atoms with Crippen molar-refractivity contribution in [3.8, 4) is 11.5 Å². The van der Waals surface area contributed by atoms with Crippen molar-refractivity contribution in [3.05, 3.63) is 76.6 Å². The summed E-state index contributed by atoms with van der Waals surface area (Å²) in [5, 5.41) is 10.6. The first-order valence-electron chi connectivity index (χ1n) is 12.2. The lowest BCUT2D eigenvalue weighted by atomic mass is 10.0. The number of ketones is 1. The van der Waals surface area contributed by atoms with Crippen molar-refractivity contribution < 1.29 is 14.6 Å². The van der Waals surface area contributed by atoms with Gasteiger partial charge < -0.3 is 19.6 Å². The van der Waals surface area contributed by atoms with E-state index in [1.54, 1.807) is 12.1 Å². The van der Waals surface area contributed by atoms with E-state index in [2.05, 4.69) is 47.0 Å². The monoisotopic (exact) mass is 459 g/mol. The number of rotatable bonds is 7. The van der Waals surface area contributed by atoms with E-state index in [0.717, 1.165) is 56.8 Å². The fraction of sp³-hybridized carbons (Fsp3) is 0.393. The fourth-order valence-corrected chi connectivity index (χ4v) is 5.04. The second kappa shape index (κ2) is 9.74. The van der Waals surface area contributed by atoms with E-state index >= 15 is 0 Å². The Morgan fingerprint density at radius 2 is 1.79 bits per heavy atom. The van der Waals surface area contributed by atoms with Gasteiger partial charge in [-0.15, -0.1) is 0 Å². The van der Waals surface area contributed by atoms with Gasteiger partial charge in [0, 0.05) is 32.7 Å². The minimum atomic E-state index is -0.118. The predicted molar refractivity (Wildman–Crippen MR) is 134 cm³/mol. The molecule has 6 nitrogen and oxygen atoms in total. The maximum Gasteiger partial charge on any atom is 0.231 e. The van der Waals surface area contributed by atoms with Gasteiger partial charge in [0.1, 0.15) is 11.5 Å². The van der Waals surface area contributed by atoms with Crippen molar-refractivity contribution in [1.82, 2.24) is 14.7 Å². The first kappa shape index (κ1) is 22.8. The van der Waals surface area contributed by atoms with E-state index in [4.69, 9.17) is 4.74 Å². The van der Waals surface area contributed by atoms with Crippen LogP contribution in [0.5, 0.6) is 11.5 Å². The third-order valence-corrected chi connectivity index (χ3v) is 7.00. The summed E-state index contributed by atoms with van der Waals surface area (Å²) in [6.07, 6.45) is 6.02. The van der Waals surface area contributed by atoms with Crippen molar-refractivity contribution >= 4 is 11.4 Å². The summed E-state index contributed by atoms with van der Waals surface area (Å²) in [6, 6.07) is 11.5. The average Bonchev–Trinajstić information content (AvgIpc) is 3.38. The molecule has 0 bridgehead atoms. The molecule has 0 aromatic heterocycles.